The summed E-state index contributed by atoms with van der Waals surface area (Å²) in [5.74, 6) is 0. The molecule has 152 valence electrons. The van der Waals surface area contributed by atoms with E-state index in [9.17, 15) is 14.4 Å². The molecular formula is C27H15NO4. The zero-order valence-corrected chi connectivity index (χ0v) is 16.7. The van der Waals surface area contributed by atoms with E-state index in [1.807, 2.05) is 36.4 Å². The Morgan fingerprint density at radius 2 is 0.969 bits per heavy atom. The first kappa shape index (κ1) is 18.3. The normalized spacial score (nSPS) is 11.5. The Morgan fingerprint density at radius 1 is 0.500 bits per heavy atom. The van der Waals surface area contributed by atoms with Crippen molar-refractivity contribution in [1.29, 1.82) is 0 Å². The zero-order valence-electron chi connectivity index (χ0n) is 16.7. The van der Waals surface area contributed by atoms with E-state index in [0.29, 0.717) is 38.2 Å². The molecule has 0 spiro atoms. The standard InChI is InChI=1S/C27H15NO4/c29-25-20-10-4-1-7-17(20)18-8-2-5-11-21(18)26(30)28(25)16-13-14-24-23(15-16)19-9-3-6-12-22(19)27(31)32-24/h1-15H. The number of hydrogen-bond acceptors (Lipinski definition) is 4. The fraction of sp³-hybridized carbons (Fsp3) is 0. The number of aromatic nitrogens is 1. The predicted molar refractivity (Wildman–Crippen MR) is 127 cm³/mol. The topological polar surface area (TPSA) is 69.3 Å². The first-order valence-electron chi connectivity index (χ1n) is 10.2. The Morgan fingerprint density at radius 3 is 1.53 bits per heavy atom. The van der Waals surface area contributed by atoms with Crippen molar-refractivity contribution in [2.75, 3.05) is 0 Å². The van der Waals surface area contributed by atoms with Gasteiger partial charge < -0.3 is 4.42 Å². The van der Waals surface area contributed by atoms with Crippen molar-refractivity contribution >= 4 is 43.3 Å². The van der Waals surface area contributed by atoms with Crippen LogP contribution in [0, 0.1) is 0 Å². The van der Waals surface area contributed by atoms with Gasteiger partial charge in [-0.1, -0.05) is 54.6 Å². The molecule has 32 heavy (non-hydrogen) atoms. The fourth-order valence-corrected chi connectivity index (χ4v) is 4.38. The number of fused-ring (bicyclic) bond motifs is 6. The number of benzene rings is 4. The Labute approximate surface area is 180 Å². The highest BCUT2D eigenvalue weighted by Crippen LogP contribution is 2.25. The molecular weight excluding hydrogens is 402 g/mol. The number of nitrogens with zero attached hydrogens (tertiary/aromatic N) is 1. The van der Waals surface area contributed by atoms with Gasteiger partial charge in [0.2, 0.25) is 0 Å². The highest BCUT2D eigenvalue weighted by Gasteiger charge is 2.14. The van der Waals surface area contributed by atoms with Crippen molar-refractivity contribution in [2.24, 2.45) is 0 Å². The molecule has 0 aliphatic carbocycles. The summed E-state index contributed by atoms with van der Waals surface area (Å²) in [6.07, 6.45) is 0. The van der Waals surface area contributed by atoms with E-state index in [0.717, 1.165) is 10.8 Å². The summed E-state index contributed by atoms with van der Waals surface area (Å²) in [5.41, 5.74) is -0.415. The maximum atomic E-state index is 13.6. The second-order valence-corrected chi connectivity index (χ2v) is 7.65. The van der Waals surface area contributed by atoms with Crippen molar-refractivity contribution in [3.8, 4) is 5.69 Å². The van der Waals surface area contributed by atoms with Crippen LogP contribution < -0.4 is 16.7 Å². The van der Waals surface area contributed by atoms with Crippen LogP contribution in [0.3, 0.4) is 0 Å². The molecule has 0 aliphatic rings. The van der Waals surface area contributed by atoms with Gasteiger partial charge in [-0.25, -0.2) is 9.36 Å². The summed E-state index contributed by atoms with van der Waals surface area (Å²) in [7, 11) is 0. The van der Waals surface area contributed by atoms with E-state index in [-0.39, 0.29) is 0 Å². The van der Waals surface area contributed by atoms with Gasteiger partial charge in [-0.2, -0.15) is 0 Å². The lowest BCUT2D eigenvalue weighted by atomic mass is 10.1. The van der Waals surface area contributed by atoms with Crippen LogP contribution in [0.15, 0.2) is 110 Å². The average Bonchev–Trinajstić information content (AvgIpc) is 2.93. The van der Waals surface area contributed by atoms with Crippen LogP contribution in [-0.2, 0) is 0 Å². The fourth-order valence-electron chi connectivity index (χ4n) is 4.38. The molecule has 0 bridgehead atoms. The molecule has 0 N–H and O–H groups in total. The van der Waals surface area contributed by atoms with Crippen molar-refractivity contribution in [1.82, 2.24) is 4.57 Å². The van der Waals surface area contributed by atoms with Gasteiger partial charge in [0, 0.05) is 16.2 Å². The Balaban J connectivity index is 1.82. The quantitative estimate of drug-likeness (QED) is 0.286. The van der Waals surface area contributed by atoms with E-state index in [1.54, 1.807) is 54.6 Å². The summed E-state index contributed by atoms with van der Waals surface area (Å²) >= 11 is 0. The first-order chi connectivity index (χ1) is 15.6. The van der Waals surface area contributed by atoms with Gasteiger partial charge in [0.05, 0.1) is 11.1 Å². The third kappa shape index (κ3) is 2.55. The average molecular weight is 417 g/mol. The maximum Gasteiger partial charge on any atom is 0.344 e. The van der Waals surface area contributed by atoms with E-state index >= 15 is 0 Å². The lowest BCUT2D eigenvalue weighted by Gasteiger charge is -2.07. The summed E-state index contributed by atoms with van der Waals surface area (Å²) < 4.78 is 6.66. The monoisotopic (exact) mass is 417 g/mol. The van der Waals surface area contributed by atoms with Crippen molar-refractivity contribution in [2.45, 2.75) is 0 Å². The third-order valence-electron chi connectivity index (χ3n) is 5.87. The van der Waals surface area contributed by atoms with Crippen LogP contribution in [0.5, 0.6) is 0 Å². The van der Waals surface area contributed by atoms with Gasteiger partial charge in [0.1, 0.15) is 5.58 Å². The van der Waals surface area contributed by atoms with Crippen LogP contribution >= 0.6 is 0 Å². The lowest BCUT2D eigenvalue weighted by Crippen LogP contribution is -2.28. The van der Waals surface area contributed by atoms with E-state index in [2.05, 4.69) is 0 Å². The summed E-state index contributed by atoms with van der Waals surface area (Å²) in [6.45, 7) is 0. The van der Waals surface area contributed by atoms with Gasteiger partial charge in [-0.3, -0.25) is 9.59 Å². The SMILES string of the molecule is O=c1oc2ccc(-n3c(=O)c4ccccc4c4ccccc4c3=O)cc2c2ccccc12. The van der Waals surface area contributed by atoms with Crippen LogP contribution in [0.25, 0.3) is 49.0 Å². The van der Waals surface area contributed by atoms with Crippen LogP contribution in [0.1, 0.15) is 0 Å². The van der Waals surface area contributed by atoms with Gasteiger partial charge in [0.25, 0.3) is 11.1 Å². The molecule has 5 nitrogen and oxygen atoms in total. The number of rotatable bonds is 1. The summed E-state index contributed by atoms with van der Waals surface area (Å²) in [6, 6.07) is 26.6. The van der Waals surface area contributed by atoms with Gasteiger partial charge >= 0.3 is 5.63 Å². The molecule has 2 aromatic heterocycles. The molecule has 0 radical (unpaired) electrons. The molecule has 0 saturated carbocycles. The molecule has 6 rings (SSSR count). The molecule has 0 fully saturated rings. The van der Waals surface area contributed by atoms with E-state index in [4.69, 9.17) is 4.42 Å². The third-order valence-corrected chi connectivity index (χ3v) is 5.87. The molecule has 6 aromatic rings. The maximum absolute atomic E-state index is 13.6. The second kappa shape index (κ2) is 6.75. The van der Waals surface area contributed by atoms with Crippen LogP contribution in [-0.4, -0.2) is 4.57 Å². The molecule has 0 aliphatic heterocycles. The molecule has 5 heteroatoms. The Kier molecular flexibility index (Phi) is 3.86. The van der Waals surface area contributed by atoms with Crippen molar-refractivity contribution in [3.63, 3.8) is 0 Å². The molecule has 2 heterocycles. The number of hydrogen-bond donors (Lipinski definition) is 0. The highest BCUT2D eigenvalue weighted by molar-refractivity contribution is 6.06. The largest absolute Gasteiger partial charge is 0.422 e. The molecule has 0 unspecified atom stereocenters. The molecule has 0 saturated heterocycles. The summed E-state index contributed by atoms with van der Waals surface area (Å²) in [5, 5.41) is 4.16. The van der Waals surface area contributed by atoms with Crippen LogP contribution in [0.2, 0.25) is 0 Å². The molecule has 0 atom stereocenters. The summed E-state index contributed by atoms with van der Waals surface area (Å²) in [4.78, 5) is 39.5. The molecule has 4 aromatic carbocycles. The van der Waals surface area contributed by atoms with Gasteiger partial charge in [-0.15, -0.1) is 0 Å². The second-order valence-electron chi connectivity index (χ2n) is 7.65. The van der Waals surface area contributed by atoms with Crippen molar-refractivity contribution < 1.29 is 4.42 Å². The Hall–Kier alpha value is -4.51. The lowest BCUT2D eigenvalue weighted by molar-refractivity contribution is 0.569. The Bertz CT molecular complexity index is 1830. The minimum absolute atomic E-state index is 0.396. The molecule has 0 amide bonds. The van der Waals surface area contributed by atoms with Gasteiger partial charge in [-0.05, 0) is 52.6 Å². The smallest absolute Gasteiger partial charge is 0.344 e. The highest BCUT2D eigenvalue weighted by atomic mass is 16.4. The van der Waals surface area contributed by atoms with Crippen molar-refractivity contribution in [3.05, 3.63) is 122 Å². The van der Waals surface area contributed by atoms with E-state index in [1.165, 1.54) is 4.57 Å². The predicted octanol–water partition coefficient (Wildman–Crippen LogP) is 4.76. The zero-order chi connectivity index (χ0) is 21.8. The van der Waals surface area contributed by atoms with Gasteiger partial charge in [0.15, 0.2) is 0 Å². The minimum Gasteiger partial charge on any atom is -0.422 e. The first-order valence-corrected chi connectivity index (χ1v) is 10.2. The minimum atomic E-state index is -0.425. The van der Waals surface area contributed by atoms with E-state index < -0.39 is 16.7 Å². The van der Waals surface area contributed by atoms with Crippen LogP contribution in [0.4, 0.5) is 0 Å².